The van der Waals surface area contributed by atoms with Gasteiger partial charge in [-0.1, -0.05) is 47.5 Å². The fraction of sp³-hybridized carbons (Fsp3) is 0.452. The molecule has 2 aromatic heterocycles. The SMILES string of the molecule is CCOC(=O)C(c1ncn2c1CC(F)C2)n1cc2c(Cl)cc(-c3ccc(C4CCN(CC(C)F)CC4)cc3)c(Cl)c2n1. The summed E-state index contributed by atoms with van der Waals surface area (Å²) >= 11 is 13.7. The number of ether oxygens (including phenoxy) is 1. The number of carbonyl (C=O) groups excluding carboxylic acids is 1. The Hall–Kier alpha value is -3.01. The fourth-order valence-electron chi connectivity index (χ4n) is 6.29. The lowest BCUT2D eigenvalue weighted by Crippen LogP contribution is -2.36. The lowest BCUT2D eigenvalue weighted by molar-refractivity contribution is -0.146. The van der Waals surface area contributed by atoms with E-state index in [-0.39, 0.29) is 19.6 Å². The Bertz CT molecular complexity index is 1600. The number of fused-ring (bicyclic) bond motifs is 2. The summed E-state index contributed by atoms with van der Waals surface area (Å²) in [5, 5.41) is 6.15. The zero-order valence-electron chi connectivity index (χ0n) is 23.6. The van der Waals surface area contributed by atoms with Crippen LogP contribution >= 0.6 is 23.2 Å². The summed E-state index contributed by atoms with van der Waals surface area (Å²) in [5.41, 5.74) is 4.39. The molecule has 2 aliphatic rings. The minimum absolute atomic E-state index is 0.170. The molecule has 0 amide bonds. The molecule has 2 aliphatic heterocycles. The smallest absolute Gasteiger partial charge is 0.337 e. The molecule has 1 fully saturated rings. The van der Waals surface area contributed by atoms with Gasteiger partial charge in [0.2, 0.25) is 0 Å². The lowest BCUT2D eigenvalue weighted by Gasteiger charge is -2.32. The Kier molecular flexibility index (Phi) is 8.26. The average Bonchev–Trinajstić information content (AvgIpc) is 3.67. The number of nitrogens with zero attached hydrogens (tertiary/aromatic N) is 5. The zero-order chi connectivity index (χ0) is 29.5. The number of imidazole rings is 1. The third-order valence-electron chi connectivity index (χ3n) is 8.32. The van der Waals surface area contributed by atoms with Crippen molar-refractivity contribution in [2.45, 2.75) is 64.0 Å². The van der Waals surface area contributed by atoms with Crippen molar-refractivity contribution in [2.24, 2.45) is 0 Å². The number of esters is 1. The van der Waals surface area contributed by atoms with Crippen LogP contribution in [0.15, 0.2) is 42.9 Å². The van der Waals surface area contributed by atoms with Crippen LogP contribution in [0.1, 0.15) is 55.6 Å². The summed E-state index contributed by atoms with van der Waals surface area (Å²) in [6, 6.07) is 9.12. The molecule has 0 N–H and O–H groups in total. The van der Waals surface area contributed by atoms with Crippen LogP contribution in [-0.4, -0.2) is 68.8 Å². The van der Waals surface area contributed by atoms with E-state index in [4.69, 9.17) is 33.0 Å². The predicted molar refractivity (Wildman–Crippen MR) is 160 cm³/mol. The normalized spacial score (nSPS) is 19.2. The van der Waals surface area contributed by atoms with Gasteiger partial charge < -0.3 is 14.2 Å². The number of likely N-dealkylation sites (tertiary alicyclic amines) is 1. The molecule has 0 bridgehead atoms. The number of aromatic nitrogens is 4. The second kappa shape index (κ2) is 11.9. The maximum atomic E-state index is 14.2. The van der Waals surface area contributed by atoms with Gasteiger partial charge in [-0.05, 0) is 62.9 Å². The number of alkyl halides is 2. The first kappa shape index (κ1) is 29.1. The number of piperidine rings is 1. The molecule has 11 heteroatoms. The number of carbonyl (C=O) groups is 1. The molecule has 0 radical (unpaired) electrons. The molecule has 0 aliphatic carbocycles. The van der Waals surface area contributed by atoms with Crippen molar-refractivity contribution >= 4 is 40.1 Å². The van der Waals surface area contributed by atoms with Gasteiger partial charge in [0.05, 0.1) is 35.2 Å². The van der Waals surface area contributed by atoms with E-state index in [2.05, 4.69) is 22.0 Å². The van der Waals surface area contributed by atoms with Gasteiger partial charge in [-0.25, -0.2) is 18.6 Å². The summed E-state index contributed by atoms with van der Waals surface area (Å²) < 4.78 is 36.1. The molecule has 3 unspecified atom stereocenters. The highest BCUT2D eigenvalue weighted by molar-refractivity contribution is 6.42. The van der Waals surface area contributed by atoms with Gasteiger partial charge in [0.1, 0.15) is 17.9 Å². The molecular weight excluding hydrogens is 583 g/mol. The monoisotopic (exact) mass is 615 g/mol. The fourth-order valence-corrected chi connectivity index (χ4v) is 6.84. The molecular formula is C31H33Cl2F2N5O2. The van der Waals surface area contributed by atoms with Gasteiger partial charge in [-0.3, -0.25) is 4.68 Å². The van der Waals surface area contributed by atoms with Crippen LogP contribution < -0.4 is 0 Å². The van der Waals surface area contributed by atoms with Gasteiger partial charge in [0, 0.05) is 35.8 Å². The molecule has 4 aromatic rings. The van der Waals surface area contributed by atoms with E-state index >= 15 is 0 Å². The van der Waals surface area contributed by atoms with Crippen LogP contribution in [0.3, 0.4) is 0 Å². The second-order valence-electron chi connectivity index (χ2n) is 11.3. The number of benzene rings is 2. The van der Waals surface area contributed by atoms with Gasteiger partial charge in [0.25, 0.3) is 0 Å². The topological polar surface area (TPSA) is 65.2 Å². The predicted octanol–water partition coefficient (Wildman–Crippen LogP) is 6.79. The third kappa shape index (κ3) is 5.54. The molecule has 6 rings (SSSR count). The summed E-state index contributed by atoms with van der Waals surface area (Å²) in [4.78, 5) is 19.8. The Morgan fingerprint density at radius 2 is 1.93 bits per heavy atom. The summed E-state index contributed by atoms with van der Waals surface area (Å²) in [7, 11) is 0. The van der Waals surface area contributed by atoms with Gasteiger partial charge in [-0.2, -0.15) is 5.10 Å². The van der Waals surface area contributed by atoms with E-state index in [1.807, 2.05) is 18.2 Å². The van der Waals surface area contributed by atoms with Crippen LogP contribution in [0.5, 0.6) is 0 Å². The molecule has 3 atom stereocenters. The first-order valence-corrected chi connectivity index (χ1v) is 15.2. The first-order valence-electron chi connectivity index (χ1n) is 14.4. The highest BCUT2D eigenvalue weighted by atomic mass is 35.5. The van der Waals surface area contributed by atoms with E-state index in [0.29, 0.717) is 44.8 Å². The average molecular weight is 617 g/mol. The van der Waals surface area contributed by atoms with Crippen molar-refractivity contribution in [1.82, 2.24) is 24.2 Å². The van der Waals surface area contributed by atoms with Crippen molar-refractivity contribution in [1.29, 1.82) is 0 Å². The third-order valence-corrected chi connectivity index (χ3v) is 9.01. The largest absolute Gasteiger partial charge is 0.464 e. The van der Waals surface area contributed by atoms with E-state index in [1.165, 1.54) is 10.2 Å². The minimum Gasteiger partial charge on any atom is -0.464 e. The van der Waals surface area contributed by atoms with Gasteiger partial charge in [-0.15, -0.1) is 0 Å². The van der Waals surface area contributed by atoms with Crippen molar-refractivity contribution in [3.8, 4) is 11.1 Å². The Balaban J connectivity index is 1.30. The first-order chi connectivity index (χ1) is 20.2. The quantitative estimate of drug-likeness (QED) is 0.204. The number of rotatable bonds is 8. The van der Waals surface area contributed by atoms with Crippen LogP contribution in [0.4, 0.5) is 8.78 Å². The molecule has 0 saturated carbocycles. The Morgan fingerprint density at radius 1 is 1.19 bits per heavy atom. The van der Waals surface area contributed by atoms with Crippen LogP contribution in [0, 0.1) is 0 Å². The summed E-state index contributed by atoms with van der Waals surface area (Å²) in [6.07, 6.45) is 3.54. The van der Waals surface area contributed by atoms with E-state index in [0.717, 1.165) is 37.1 Å². The van der Waals surface area contributed by atoms with E-state index < -0.39 is 24.4 Å². The standard InChI is InChI=1S/C31H33Cl2F2N5O2/c1-3-42-31(41)30(29-26-12-22(35)15-39(26)17-36-29)40-16-24-25(32)13-23(27(33)28(24)37-40)21-6-4-19(5-7-21)20-8-10-38(11-9-20)14-18(2)34/h4-7,13,16-18,20,22,30H,3,8-12,14-15H2,1-2H3. The number of hydrogen-bond acceptors (Lipinski definition) is 5. The highest BCUT2D eigenvalue weighted by Gasteiger charge is 2.35. The number of hydrogen-bond donors (Lipinski definition) is 0. The maximum absolute atomic E-state index is 14.2. The molecule has 2 aromatic carbocycles. The molecule has 1 saturated heterocycles. The van der Waals surface area contributed by atoms with E-state index in [1.54, 1.807) is 30.9 Å². The van der Waals surface area contributed by atoms with Gasteiger partial charge in [0.15, 0.2) is 6.04 Å². The van der Waals surface area contributed by atoms with Crippen LogP contribution in [0.2, 0.25) is 10.0 Å². The molecule has 222 valence electrons. The molecule has 4 heterocycles. The maximum Gasteiger partial charge on any atom is 0.337 e. The molecule has 0 spiro atoms. The van der Waals surface area contributed by atoms with Crippen molar-refractivity contribution in [2.75, 3.05) is 26.2 Å². The van der Waals surface area contributed by atoms with E-state index in [9.17, 15) is 13.6 Å². The highest BCUT2D eigenvalue weighted by Crippen LogP contribution is 2.40. The minimum atomic E-state index is -1.03. The van der Waals surface area contributed by atoms with Gasteiger partial charge >= 0.3 is 5.97 Å². The molecule has 42 heavy (non-hydrogen) atoms. The van der Waals surface area contributed by atoms with Crippen molar-refractivity contribution < 1.29 is 18.3 Å². The zero-order valence-corrected chi connectivity index (χ0v) is 25.1. The van der Waals surface area contributed by atoms with Crippen LogP contribution in [0.25, 0.3) is 22.0 Å². The molecule has 7 nitrogen and oxygen atoms in total. The van der Waals surface area contributed by atoms with Crippen LogP contribution in [-0.2, 0) is 22.5 Å². The Labute approximate surface area is 253 Å². The van der Waals surface area contributed by atoms with Crippen molar-refractivity contribution in [3.05, 3.63) is 69.9 Å². The second-order valence-corrected chi connectivity index (χ2v) is 12.0. The lowest BCUT2D eigenvalue weighted by atomic mass is 9.88. The summed E-state index contributed by atoms with van der Waals surface area (Å²) in [6.45, 7) is 5.99. The van der Waals surface area contributed by atoms with Crippen molar-refractivity contribution in [3.63, 3.8) is 0 Å². The Morgan fingerprint density at radius 3 is 2.62 bits per heavy atom. The number of halogens is 4. The summed E-state index contributed by atoms with van der Waals surface area (Å²) in [5.74, 6) is -0.110.